The molecule has 0 unspecified atom stereocenters. The third kappa shape index (κ3) is 7.56. The summed E-state index contributed by atoms with van der Waals surface area (Å²) in [5.74, 6) is -12.0. The number of nitrogens with zero attached hydrogens (tertiary/aromatic N) is 1. The molecule has 20 heteroatoms. The Morgan fingerprint density at radius 2 is 1.33 bits per heavy atom. The number of rotatable bonds is 8. The van der Waals surface area contributed by atoms with Gasteiger partial charge in [-0.3, -0.25) is 29.0 Å². The second-order valence-corrected chi connectivity index (χ2v) is 16.8. The van der Waals surface area contributed by atoms with Crippen molar-refractivity contribution in [2.24, 2.45) is 11.3 Å². The molecule has 6 rings (SSSR count). The largest absolute Gasteiger partial charge is 0.465 e. The van der Waals surface area contributed by atoms with E-state index in [1.165, 1.54) is 50.4 Å². The third-order valence-corrected chi connectivity index (χ3v) is 12.6. The first-order valence-corrected chi connectivity index (χ1v) is 19.9. The van der Waals surface area contributed by atoms with E-state index in [1.807, 2.05) is 0 Å². The molecule has 2 aliphatic carbocycles. The smallest absolute Gasteiger partial charge is 0.340 e. The molecule has 0 radical (unpaired) electrons. The fourth-order valence-corrected chi connectivity index (χ4v) is 9.87. The summed E-state index contributed by atoms with van der Waals surface area (Å²) in [5, 5.41) is 25.7. The van der Waals surface area contributed by atoms with E-state index in [9.17, 15) is 48.6 Å². The maximum absolute atomic E-state index is 14.7. The molecule has 2 aromatic rings. The van der Waals surface area contributed by atoms with E-state index in [0.717, 1.165) is 54.7 Å². The number of carbonyl (C=O) groups excluding carboxylic acids is 8. The normalized spacial score (nSPS) is 36.8. The third-order valence-electron chi connectivity index (χ3n) is 12.6. The Kier molecular flexibility index (Phi) is 12.3. The Bertz CT molecular complexity index is 2210. The van der Waals surface area contributed by atoms with Gasteiger partial charge in [-0.2, -0.15) is 0 Å². The Balaban J connectivity index is 1.82. The molecule has 63 heavy (non-hydrogen) atoms. The van der Waals surface area contributed by atoms with E-state index >= 15 is 0 Å². The Labute approximate surface area is 360 Å². The van der Waals surface area contributed by atoms with Gasteiger partial charge in [-0.15, -0.1) is 0 Å². The van der Waals surface area contributed by atoms with E-state index in [-0.39, 0.29) is 16.7 Å². The highest BCUT2D eigenvalue weighted by Crippen LogP contribution is 2.70. The van der Waals surface area contributed by atoms with Crippen LogP contribution in [0.1, 0.15) is 94.5 Å². The molecule has 340 valence electrons. The molecule has 2 saturated carbocycles. The number of aromatic nitrogens is 1. The predicted molar refractivity (Wildman–Crippen MR) is 207 cm³/mol. The van der Waals surface area contributed by atoms with Crippen molar-refractivity contribution in [3.63, 3.8) is 0 Å². The number of benzene rings is 1. The first-order chi connectivity index (χ1) is 29.4. The Morgan fingerprint density at radius 1 is 0.762 bits per heavy atom. The highest BCUT2D eigenvalue weighted by Gasteiger charge is 2.92. The lowest BCUT2D eigenvalue weighted by Gasteiger charge is -2.67. The van der Waals surface area contributed by atoms with Crippen LogP contribution in [0.5, 0.6) is 0 Å². The Hall–Kier alpha value is -5.99. The second kappa shape index (κ2) is 16.6. The van der Waals surface area contributed by atoms with Crippen molar-refractivity contribution >= 4 is 47.8 Å². The first kappa shape index (κ1) is 46.5. The predicted octanol–water partition coefficient (Wildman–Crippen LogP) is 1.44. The minimum Gasteiger partial charge on any atom is -0.465 e. The van der Waals surface area contributed by atoms with Crippen molar-refractivity contribution in [3.8, 4) is 0 Å². The summed E-state index contributed by atoms with van der Waals surface area (Å²) in [6.07, 6.45) is -10.4. The van der Waals surface area contributed by atoms with E-state index in [1.54, 1.807) is 6.07 Å². The topological polar surface area (TPSA) is 273 Å². The van der Waals surface area contributed by atoms with Gasteiger partial charge in [0.25, 0.3) is 0 Å². The van der Waals surface area contributed by atoms with Crippen LogP contribution >= 0.6 is 0 Å². The van der Waals surface area contributed by atoms with Crippen molar-refractivity contribution in [1.29, 1.82) is 0 Å². The quantitative estimate of drug-likeness (QED) is 0.280. The SMILES string of the molecule is CC(=O)OC[C@]12[C@H](OC(=O)c3ccccc3)[C@@H](OC(C)=O)[C@@H]3OC(=O)[C@@](C)(O)[C@H](C)c4ccncc4C(=O)OC[C@@]4(C)O[C@]1([C@@H](OC(C)=O)[C@@H]4[C@@H](OC(C)=O)[C@@H]2OC(C)=O)[C@@]3(C)O. The maximum atomic E-state index is 14.7. The van der Waals surface area contributed by atoms with Crippen LogP contribution in [-0.2, 0) is 71.4 Å². The number of carbonyl (C=O) groups is 8. The van der Waals surface area contributed by atoms with Crippen molar-refractivity contribution in [3.05, 3.63) is 65.5 Å². The van der Waals surface area contributed by atoms with Crippen LogP contribution in [-0.4, -0.2) is 135 Å². The van der Waals surface area contributed by atoms with Crippen molar-refractivity contribution < 1.29 is 91.2 Å². The van der Waals surface area contributed by atoms with Gasteiger partial charge in [-0.05, 0) is 44.5 Å². The maximum Gasteiger partial charge on any atom is 0.340 e. The lowest BCUT2D eigenvalue weighted by atomic mass is 9.45. The number of hydrogen-bond acceptors (Lipinski definition) is 20. The molecule has 0 amide bonds. The minimum atomic E-state index is -2.98. The molecule has 20 nitrogen and oxygen atoms in total. The fraction of sp³-hybridized carbons (Fsp3) is 0.558. The van der Waals surface area contributed by atoms with Crippen LogP contribution < -0.4 is 0 Å². The zero-order chi connectivity index (χ0) is 46.6. The van der Waals surface area contributed by atoms with E-state index in [2.05, 4.69) is 4.98 Å². The van der Waals surface area contributed by atoms with Crippen LogP contribution in [0, 0.1) is 11.3 Å². The number of cyclic esters (lactones) is 1. The van der Waals surface area contributed by atoms with Crippen molar-refractivity contribution in [1.82, 2.24) is 4.98 Å². The van der Waals surface area contributed by atoms with Crippen molar-refractivity contribution in [2.45, 2.75) is 127 Å². The minimum absolute atomic E-state index is 0.0502. The van der Waals surface area contributed by atoms with E-state index < -0.39 is 137 Å². The summed E-state index contributed by atoms with van der Waals surface area (Å²) >= 11 is 0. The summed E-state index contributed by atoms with van der Waals surface area (Å²) in [4.78, 5) is 114. The fourth-order valence-electron chi connectivity index (χ4n) is 9.87. The molecular formula is C43H49NO19. The molecule has 4 aliphatic rings. The summed E-state index contributed by atoms with van der Waals surface area (Å²) in [7, 11) is 0. The first-order valence-electron chi connectivity index (χ1n) is 19.9. The van der Waals surface area contributed by atoms with Gasteiger partial charge in [0.2, 0.25) is 0 Å². The van der Waals surface area contributed by atoms with E-state index in [0.29, 0.717) is 0 Å². The average Bonchev–Trinajstić information content (AvgIpc) is 3.42. The van der Waals surface area contributed by atoms with Crippen LogP contribution in [0.4, 0.5) is 0 Å². The van der Waals surface area contributed by atoms with Crippen LogP contribution in [0.2, 0.25) is 0 Å². The van der Waals surface area contributed by atoms with Gasteiger partial charge < -0.3 is 52.8 Å². The summed E-state index contributed by atoms with van der Waals surface area (Å²) in [6.45, 7) is 7.69. The highest BCUT2D eigenvalue weighted by atomic mass is 16.7. The van der Waals surface area contributed by atoms with Crippen molar-refractivity contribution in [2.75, 3.05) is 13.2 Å². The molecule has 13 atom stereocenters. The van der Waals surface area contributed by atoms with Gasteiger partial charge in [0, 0.05) is 52.9 Å². The lowest BCUT2D eigenvalue weighted by Crippen LogP contribution is -2.89. The van der Waals surface area contributed by atoms with Crippen LogP contribution in [0.3, 0.4) is 0 Å². The zero-order valence-corrected chi connectivity index (χ0v) is 35.9. The lowest BCUT2D eigenvalue weighted by molar-refractivity contribution is -0.386. The molecule has 1 saturated heterocycles. The second-order valence-electron chi connectivity index (χ2n) is 16.8. The van der Waals surface area contributed by atoms with Gasteiger partial charge in [0.15, 0.2) is 35.6 Å². The molecule has 1 aromatic heterocycles. The molecule has 4 bridgehead atoms. The number of fused-ring (bicyclic) bond motifs is 5. The molecule has 3 heterocycles. The average molecular weight is 884 g/mol. The molecule has 1 aromatic carbocycles. The number of hydrogen-bond donors (Lipinski definition) is 2. The van der Waals surface area contributed by atoms with Gasteiger partial charge in [-0.25, -0.2) is 14.4 Å². The summed E-state index contributed by atoms with van der Waals surface area (Å²) < 4.78 is 55.1. The number of pyridine rings is 1. The number of ether oxygens (including phenoxy) is 9. The summed E-state index contributed by atoms with van der Waals surface area (Å²) in [6, 6.07) is 8.61. The highest BCUT2D eigenvalue weighted by molar-refractivity contribution is 5.92. The molecule has 3 fully saturated rings. The Morgan fingerprint density at radius 3 is 1.92 bits per heavy atom. The van der Waals surface area contributed by atoms with E-state index in [4.69, 9.17) is 42.6 Å². The van der Waals surface area contributed by atoms with Gasteiger partial charge in [0.1, 0.15) is 42.0 Å². The number of esters is 8. The molecule has 2 aliphatic heterocycles. The van der Waals surface area contributed by atoms with Gasteiger partial charge >= 0.3 is 47.8 Å². The number of aliphatic hydroxyl groups is 2. The molecule has 1 spiro atoms. The summed E-state index contributed by atoms with van der Waals surface area (Å²) in [5.41, 5.74) is -13.6. The van der Waals surface area contributed by atoms with Gasteiger partial charge in [0.05, 0.1) is 17.0 Å². The standard InChI is InChI=1S/C43H49NO19/c1-20-27-15-16-44-17-28(27)37(51)56-18-39(7)29-30(57-22(3)46)34(60-25(6)49)42(19-55-21(2)45)35(61-36(50)26-13-11-10-12-14-26)31(58-23(4)47)33(62-38(52)40(20,8)53)41(9,54)43(42,63-39)32(29)59-24(5)48/h10-17,20,29-35,53-54H,18-19H2,1-9H3/t20-,29+,30-,31+,32+,33+,34+,35-,39-,40+,41+,42+,43-/m1/s1. The van der Waals surface area contributed by atoms with Gasteiger partial charge in [-0.1, -0.05) is 25.1 Å². The zero-order valence-electron chi connectivity index (χ0n) is 35.9. The van der Waals surface area contributed by atoms with Crippen LogP contribution in [0.25, 0.3) is 0 Å². The monoisotopic (exact) mass is 883 g/mol. The van der Waals surface area contributed by atoms with Crippen LogP contribution in [0.15, 0.2) is 48.8 Å². The molecule has 2 N–H and O–H groups in total. The molecular weight excluding hydrogens is 834 g/mol.